The van der Waals surface area contributed by atoms with Gasteiger partial charge in [0, 0.05) is 41.3 Å². The maximum atomic E-state index is 6.28. The van der Waals surface area contributed by atoms with Gasteiger partial charge in [0.15, 0.2) is 0 Å². The third-order valence-corrected chi connectivity index (χ3v) is 6.10. The second-order valence-electron chi connectivity index (χ2n) is 7.20. The molecule has 2 aliphatic rings. The fourth-order valence-electron chi connectivity index (χ4n) is 4.30. The first-order valence-electron chi connectivity index (χ1n) is 8.54. The predicted octanol–water partition coefficient (Wildman–Crippen LogP) is 4.98. The van der Waals surface area contributed by atoms with Crippen LogP contribution in [0.15, 0.2) is 42.5 Å². The zero-order valence-corrected chi connectivity index (χ0v) is 15.4. The Hall–Kier alpha value is -1.22. The lowest BCUT2D eigenvalue weighted by Crippen LogP contribution is -2.44. The van der Waals surface area contributed by atoms with Gasteiger partial charge >= 0.3 is 0 Å². The number of piperidine rings is 1. The van der Waals surface area contributed by atoms with E-state index in [1.807, 2.05) is 18.2 Å². The van der Waals surface area contributed by atoms with Crippen molar-refractivity contribution in [3.8, 4) is 0 Å². The molecule has 1 fully saturated rings. The van der Waals surface area contributed by atoms with Gasteiger partial charge in [0.25, 0.3) is 0 Å². The molecule has 0 aliphatic carbocycles. The van der Waals surface area contributed by atoms with E-state index in [0.29, 0.717) is 0 Å². The lowest BCUT2D eigenvalue weighted by atomic mass is 9.74. The number of hydrogen-bond donors (Lipinski definition) is 0. The first-order chi connectivity index (χ1) is 11.6. The van der Waals surface area contributed by atoms with Crippen molar-refractivity contribution >= 4 is 28.9 Å². The van der Waals surface area contributed by atoms with Gasteiger partial charge in [0.1, 0.15) is 0 Å². The second-order valence-corrected chi connectivity index (χ2v) is 8.07. The van der Waals surface area contributed by atoms with Gasteiger partial charge in [-0.15, -0.1) is 0 Å². The summed E-state index contributed by atoms with van der Waals surface area (Å²) in [5.74, 6) is 0. The Labute approximate surface area is 154 Å². The van der Waals surface area contributed by atoms with Gasteiger partial charge in [-0.1, -0.05) is 35.3 Å². The summed E-state index contributed by atoms with van der Waals surface area (Å²) in [6.07, 6.45) is 2.39. The molecule has 2 heterocycles. The highest BCUT2D eigenvalue weighted by Crippen LogP contribution is 2.47. The van der Waals surface area contributed by atoms with Crippen LogP contribution < -0.4 is 4.90 Å². The summed E-state index contributed by atoms with van der Waals surface area (Å²) < 4.78 is 0. The summed E-state index contributed by atoms with van der Waals surface area (Å²) in [6.45, 7) is 4.37. The quantitative estimate of drug-likeness (QED) is 0.745. The molecule has 1 saturated heterocycles. The van der Waals surface area contributed by atoms with Crippen LogP contribution in [-0.4, -0.2) is 31.6 Å². The number of fused-ring (bicyclic) bond motifs is 2. The minimum Gasteiger partial charge on any atom is -0.373 e. The minimum absolute atomic E-state index is 0.269. The largest absolute Gasteiger partial charge is 0.373 e. The van der Waals surface area contributed by atoms with Crippen LogP contribution in [0.5, 0.6) is 0 Å². The van der Waals surface area contributed by atoms with Crippen LogP contribution >= 0.6 is 23.2 Å². The molecule has 0 atom stereocenters. The van der Waals surface area contributed by atoms with E-state index in [-0.39, 0.29) is 5.41 Å². The molecule has 0 saturated carbocycles. The fourth-order valence-corrected chi connectivity index (χ4v) is 4.60. The van der Waals surface area contributed by atoms with Gasteiger partial charge in [-0.3, -0.25) is 4.90 Å². The van der Waals surface area contributed by atoms with E-state index in [4.69, 9.17) is 23.2 Å². The Morgan fingerprint density at radius 3 is 2.33 bits per heavy atom. The Morgan fingerprint density at radius 1 is 0.958 bits per heavy atom. The van der Waals surface area contributed by atoms with Crippen molar-refractivity contribution in [2.45, 2.75) is 24.8 Å². The molecule has 126 valence electrons. The summed E-state index contributed by atoms with van der Waals surface area (Å²) in [4.78, 5) is 4.94. The van der Waals surface area contributed by atoms with Crippen LogP contribution in [0.25, 0.3) is 0 Å². The molecule has 0 radical (unpaired) electrons. The van der Waals surface area contributed by atoms with Crippen molar-refractivity contribution < 1.29 is 0 Å². The molecule has 4 heteroatoms. The molecule has 2 aromatic carbocycles. The van der Waals surface area contributed by atoms with Gasteiger partial charge < -0.3 is 4.90 Å². The molecule has 0 aromatic heterocycles. The van der Waals surface area contributed by atoms with E-state index < -0.39 is 0 Å². The summed E-state index contributed by atoms with van der Waals surface area (Å²) in [7, 11) is 2.20. The molecule has 0 unspecified atom stereocenters. The van der Waals surface area contributed by atoms with Crippen LogP contribution in [0.4, 0.5) is 5.69 Å². The van der Waals surface area contributed by atoms with Gasteiger partial charge in [0.05, 0.1) is 0 Å². The van der Waals surface area contributed by atoms with Crippen LogP contribution in [0, 0.1) is 0 Å². The molecule has 24 heavy (non-hydrogen) atoms. The van der Waals surface area contributed by atoms with E-state index in [0.717, 1.165) is 36.2 Å². The highest BCUT2D eigenvalue weighted by atomic mass is 35.5. The summed E-state index contributed by atoms with van der Waals surface area (Å²) in [5.41, 5.74) is 4.40. The van der Waals surface area contributed by atoms with Gasteiger partial charge in [-0.05, 0) is 67.4 Å². The van der Waals surface area contributed by atoms with Crippen molar-refractivity contribution in [2.75, 3.05) is 31.6 Å². The number of nitrogens with zero attached hydrogens (tertiary/aromatic N) is 2. The zero-order valence-electron chi connectivity index (χ0n) is 13.9. The molecule has 2 nitrogen and oxygen atoms in total. The number of benzene rings is 2. The fraction of sp³-hybridized carbons (Fsp3) is 0.400. The molecule has 0 bridgehead atoms. The Bertz CT molecular complexity index is 734. The van der Waals surface area contributed by atoms with Gasteiger partial charge in [-0.25, -0.2) is 0 Å². The first-order valence-corrected chi connectivity index (χ1v) is 9.29. The minimum atomic E-state index is 0.269. The highest BCUT2D eigenvalue weighted by Gasteiger charge is 2.43. The van der Waals surface area contributed by atoms with E-state index in [1.165, 1.54) is 29.7 Å². The normalized spacial score (nSPS) is 19.7. The van der Waals surface area contributed by atoms with Gasteiger partial charge in [-0.2, -0.15) is 0 Å². The van der Waals surface area contributed by atoms with E-state index in [2.05, 4.69) is 41.1 Å². The van der Waals surface area contributed by atoms with Crippen molar-refractivity contribution in [2.24, 2.45) is 0 Å². The van der Waals surface area contributed by atoms with E-state index in [9.17, 15) is 0 Å². The molecule has 0 N–H and O–H groups in total. The highest BCUT2D eigenvalue weighted by molar-refractivity contribution is 6.31. The Balaban J connectivity index is 1.48. The SMILES string of the molecule is CN1CC2(CCN(Cc3ccc(Cl)cc3)CC2)c2cc(Cl)ccc21. The molecule has 0 amide bonds. The van der Waals surface area contributed by atoms with E-state index in [1.54, 1.807) is 0 Å². The molecule has 2 aromatic rings. The molecule has 1 spiro atoms. The summed E-state index contributed by atoms with van der Waals surface area (Å²) >= 11 is 12.3. The average molecular weight is 361 g/mol. The Morgan fingerprint density at radius 2 is 1.62 bits per heavy atom. The number of rotatable bonds is 2. The smallest absolute Gasteiger partial charge is 0.0410 e. The first kappa shape index (κ1) is 16.3. The maximum absolute atomic E-state index is 6.28. The monoisotopic (exact) mass is 360 g/mol. The lowest BCUT2D eigenvalue weighted by molar-refractivity contribution is 0.160. The topological polar surface area (TPSA) is 6.48 Å². The van der Waals surface area contributed by atoms with Crippen molar-refractivity contribution in [1.82, 2.24) is 4.90 Å². The zero-order chi connectivity index (χ0) is 16.7. The molecule has 2 aliphatic heterocycles. The Kier molecular flexibility index (Phi) is 4.24. The number of halogens is 2. The third-order valence-electron chi connectivity index (χ3n) is 5.61. The number of likely N-dealkylation sites (N-methyl/N-ethyl adjacent to an activating group) is 1. The van der Waals surface area contributed by atoms with Gasteiger partial charge in [0.2, 0.25) is 0 Å². The number of anilines is 1. The van der Waals surface area contributed by atoms with Crippen molar-refractivity contribution in [3.63, 3.8) is 0 Å². The van der Waals surface area contributed by atoms with Crippen LogP contribution in [-0.2, 0) is 12.0 Å². The predicted molar refractivity (Wildman–Crippen MR) is 102 cm³/mol. The second kappa shape index (κ2) is 6.25. The van der Waals surface area contributed by atoms with Crippen molar-refractivity contribution in [1.29, 1.82) is 0 Å². The van der Waals surface area contributed by atoms with Crippen LogP contribution in [0.3, 0.4) is 0 Å². The lowest BCUT2D eigenvalue weighted by Gasteiger charge is -2.40. The third kappa shape index (κ3) is 2.92. The summed E-state index contributed by atoms with van der Waals surface area (Å²) in [5, 5.41) is 1.66. The molecule has 4 rings (SSSR count). The standard InChI is InChI=1S/C20H22Cl2N2/c1-23-14-20(18-12-17(22)6-7-19(18)23)8-10-24(11-9-20)13-15-2-4-16(21)5-3-15/h2-7,12H,8-11,13-14H2,1H3. The average Bonchev–Trinajstić information content (AvgIpc) is 2.84. The molecular weight excluding hydrogens is 339 g/mol. The number of likely N-dealkylation sites (tertiary alicyclic amines) is 1. The summed E-state index contributed by atoms with van der Waals surface area (Å²) in [6, 6.07) is 14.6. The van der Waals surface area contributed by atoms with Crippen molar-refractivity contribution in [3.05, 3.63) is 63.6 Å². The number of hydrogen-bond acceptors (Lipinski definition) is 2. The van der Waals surface area contributed by atoms with Crippen LogP contribution in [0.1, 0.15) is 24.0 Å². The van der Waals surface area contributed by atoms with Crippen LogP contribution in [0.2, 0.25) is 10.0 Å². The van der Waals surface area contributed by atoms with E-state index >= 15 is 0 Å². The maximum Gasteiger partial charge on any atom is 0.0410 e. The molecular formula is C20H22Cl2N2.